The van der Waals surface area contributed by atoms with Crippen molar-refractivity contribution in [1.29, 1.82) is 0 Å². The smallest absolute Gasteiger partial charge is 0.225 e. The molecule has 0 aliphatic carbocycles. The third kappa shape index (κ3) is 3.55. The zero-order valence-electron chi connectivity index (χ0n) is 8.63. The highest BCUT2D eigenvalue weighted by molar-refractivity contribution is 7.80. The van der Waals surface area contributed by atoms with Crippen LogP contribution < -0.4 is 16.2 Å². The maximum Gasteiger partial charge on any atom is 0.225 e. The van der Waals surface area contributed by atoms with E-state index in [4.69, 9.17) is 12.2 Å². The highest BCUT2D eigenvalue weighted by Crippen LogP contribution is 2.15. The quantitative estimate of drug-likeness (QED) is 0.410. The molecule has 0 saturated carbocycles. The number of aryl methyl sites for hydroxylation is 2. The SMILES string of the molecule is Cc1ccc(C)c(NC(=S)NNC=O)c1. The molecule has 0 radical (unpaired) electrons. The first-order valence-corrected chi connectivity index (χ1v) is 4.87. The Morgan fingerprint density at radius 1 is 1.40 bits per heavy atom. The number of benzene rings is 1. The second kappa shape index (κ2) is 5.31. The van der Waals surface area contributed by atoms with Crippen LogP contribution in [0.3, 0.4) is 0 Å². The van der Waals surface area contributed by atoms with Gasteiger partial charge in [0.2, 0.25) is 6.41 Å². The molecule has 1 aromatic rings. The number of thiocarbonyl (C=S) groups is 1. The van der Waals surface area contributed by atoms with Gasteiger partial charge >= 0.3 is 0 Å². The van der Waals surface area contributed by atoms with Crippen molar-refractivity contribution in [3.8, 4) is 0 Å². The fraction of sp³-hybridized carbons (Fsp3) is 0.200. The summed E-state index contributed by atoms with van der Waals surface area (Å²) < 4.78 is 0. The van der Waals surface area contributed by atoms with E-state index in [0.717, 1.165) is 16.8 Å². The van der Waals surface area contributed by atoms with Crippen LogP contribution in [0.5, 0.6) is 0 Å². The van der Waals surface area contributed by atoms with Gasteiger partial charge in [-0.3, -0.25) is 15.6 Å². The molecule has 0 aromatic heterocycles. The predicted octanol–water partition coefficient (Wildman–Crippen LogP) is 1.25. The first kappa shape index (κ1) is 11.5. The number of hydrogen-bond donors (Lipinski definition) is 3. The van der Waals surface area contributed by atoms with Crippen LogP contribution in [0.1, 0.15) is 11.1 Å². The second-order valence-electron chi connectivity index (χ2n) is 3.16. The van der Waals surface area contributed by atoms with Gasteiger partial charge in [-0.05, 0) is 43.3 Å². The van der Waals surface area contributed by atoms with Crippen LogP contribution in [-0.2, 0) is 4.79 Å². The van der Waals surface area contributed by atoms with Gasteiger partial charge < -0.3 is 5.32 Å². The number of carbonyl (C=O) groups is 1. The van der Waals surface area contributed by atoms with E-state index in [1.807, 2.05) is 32.0 Å². The van der Waals surface area contributed by atoms with Gasteiger partial charge in [-0.1, -0.05) is 12.1 Å². The predicted molar refractivity (Wildman–Crippen MR) is 64.5 cm³/mol. The summed E-state index contributed by atoms with van der Waals surface area (Å²) in [6.45, 7) is 3.99. The van der Waals surface area contributed by atoms with Crippen LogP contribution in [0.4, 0.5) is 5.69 Å². The van der Waals surface area contributed by atoms with Gasteiger partial charge in [-0.2, -0.15) is 0 Å². The Hall–Kier alpha value is -1.62. The third-order valence-electron chi connectivity index (χ3n) is 1.89. The van der Waals surface area contributed by atoms with Crippen molar-refractivity contribution >= 4 is 29.4 Å². The number of anilines is 1. The molecular formula is C10H13N3OS. The molecule has 15 heavy (non-hydrogen) atoms. The van der Waals surface area contributed by atoms with Crippen molar-refractivity contribution in [3.63, 3.8) is 0 Å². The number of nitrogens with one attached hydrogen (secondary N) is 3. The molecular weight excluding hydrogens is 210 g/mol. The Kier molecular flexibility index (Phi) is 4.05. The molecule has 80 valence electrons. The maximum atomic E-state index is 10.0. The number of rotatable bonds is 3. The molecule has 0 bridgehead atoms. The van der Waals surface area contributed by atoms with E-state index < -0.39 is 0 Å². The van der Waals surface area contributed by atoms with Crippen molar-refractivity contribution in [2.24, 2.45) is 0 Å². The molecule has 1 rings (SSSR count). The van der Waals surface area contributed by atoms with Crippen LogP contribution in [0.2, 0.25) is 0 Å². The lowest BCUT2D eigenvalue weighted by molar-refractivity contribution is -0.110. The lowest BCUT2D eigenvalue weighted by Crippen LogP contribution is -2.39. The Labute approximate surface area is 94.0 Å². The van der Waals surface area contributed by atoms with Crippen LogP contribution in [0.25, 0.3) is 0 Å². The van der Waals surface area contributed by atoms with E-state index in [-0.39, 0.29) is 0 Å². The summed E-state index contributed by atoms with van der Waals surface area (Å²) in [5.74, 6) is 0. The second-order valence-corrected chi connectivity index (χ2v) is 3.57. The molecule has 0 aliphatic rings. The minimum Gasteiger partial charge on any atom is -0.331 e. The first-order chi connectivity index (χ1) is 7.13. The molecule has 5 heteroatoms. The molecule has 3 N–H and O–H groups in total. The fourth-order valence-corrected chi connectivity index (χ4v) is 1.29. The Balaban J connectivity index is 2.67. The zero-order chi connectivity index (χ0) is 11.3. The summed E-state index contributed by atoms with van der Waals surface area (Å²) >= 11 is 4.96. The standard InChI is InChI=1S/C10H13N3OS/c1-7-3-4-8(2)9(5-7)12-10(15)13-11-6-14/h3-6H,1-2H3,(H,11,14)(H2,12,13,15). The molecule has 4 nitrogen and oxygen atoms in total. The van der Waals surface area contributed by atoms with Crippen LogP contribution in [0, 0.1) is 13.8 Å². The van der Waals surface area contributed by atoms with E-state index in [1.165, 1.54) is 0 Å². The van der Waals surface area contributed by atoms with Gasteiger partial charge in [0, 0.05) is 5.69 Å². The highest BCUT2D eigenvalue weighted by atomic mass is 32.1. The molecule has 0 unspecified atom stereocenters. The summed E-state index contributed by atoms with van der Waals surface area (Å²) in [5, 5.41) is 3.34. The highest BCUT2D eigenvalue weighted by Gasteiger charge is 2.00. The lowest BCUT2D eigenvalue weighted by Gasteiger charge is -2.11. The molecule has 0 spiro atoms. The Bertz CT molecular complexity index is 379. The van der Waals surface area contributed by atoms with Gasteiger partial charge in [0.15, 0.2) is 5.11 Å². The number of hydrazine groups is 1. The summed E-state index contributed by atoms with van der Waals surface area (Å²) in [6.07, 6.45) is 0.525. The van der Waals surface area contributed by atoms with Crippen molar-refractivity contribution < 1.29 is 4.79 Å². The van der Waals surface area contributed by atoms with Gasteiger partial charge in [-0.15, -0.1) is 0 Å². The van der Waals surface area contributed by atoms with E-state index in [1.54, 1.807) is 0 Å². The average Bonchev–Trinajstić information content (AvgIpc) is 2.20. The summed E-state index contributed by atoms with van der Waals surface area (Å²) in [6, 6.07) is 6.03. The number of amides is 1. The van der Waals surface area contributed by atoms with Crippen molar-refractivity contribution in [2.75, 3.05) is 5.32 Å². The summed E-state index contributed by atoms with van der Waals surface area (Å²) in [4.78, 5) is 10.0. The monoisotopic (exact) mass is 223 g/mol. The van der Waals surface area contributed by atoms with Crippen LogP contribution in [-0.4, -0.2) is 11.5 Å². The van der Waals surface area contributed by atoms with Crippen molar-refractivity contribution in [3.05, 3.63) is 29.3 Å². The minimum absolute atomic E-state index is 0.357. The molecule has 0 fully saturated rings. The van der Waals surface area contributed by atoms with Crippen molar-refractivity contribution in [1.82, 2.24) is 10.9 Å². The van der Waals surface area contributed by atoms with Crippen LogP contribution >= 0.6 is 12.2 Å². The van der Waals surface area contributed by atoms with Gasteiger partial charge in [0.25, 0.3) is 0 Å². The molecule has 1 amide bonds. The number of hydrogen-bond acceptors (Lipinski definition) is 2. The Morgan fingerprint density at radius 3 is 2.80 bits per heavy atom. The molecule has 0 saturated heterocycles. The van der Waals surface area contributed by atoms with Gasteiger partial charge in [0.05, 0.1) is 0 Å². The fourth-order valence-electron chi connectivity index (χ4n) is 1.12. The van der Waals surface area contributed by atoms with E-state index in [0.29, 0.717) is 11.5 Å². The third-order valence-corrected chi connectivity index (χ3v) is 2.09. The van der Waals surface area contributed by atoms with Gasteiger partial charge in [0.1, 0.15) is 0 Å². The summed E-state index contributed by atoms with van der Waals surface area (Å²) in [7, 11) is 0. The van der Waals surface area contributed by atoms with Gasteiger partial charge in [-0.25, -0.2) is 0 Å². The lowest BCUT2D eigenvalue weighted by atomic mass is 10.1. The first-order valence-electron chi connectivity index (χ1n) is 4.47. The summed E-state index contributed by atoms with van der Waals surface area (Å²) in [5.41, 5.74) is 7.97. The van der Waals surface area contributed by atoms with Crippen molar-refractivity contribution in [2.45, 2.75) is 13.8 Å². The zero-order valence-corrected chi connectivity index (χ0v) is 9.44. The maximum absolute atomic E-state index is 10.0. The Morgan fingerprint density at radius 2 is 2.13 bits per heavy atom. The molecule has 0 heterocycles. The molecule has 1 aromatic carbocycles. The molecule has 0 aliphatic heterocycles. The normalized spacial score (nSPS) is 9.20. The van der Waals surface area contributed by atoms with E-state index >= 15 is 0 Å². The average molecular weight is 223 g/mol. The number of carbonyl (C=O) groups excluding carboxylic acids is 1. The van der Waals surface area contributed by atoms with E-state index in [9.17, 15) is 4.79 Å². The van der Waals surface area contributed by atoms with E-state index in [2.05, 4.69) is 16.2 Å². The topological polar surface area (TPSA) is 53.2 Å². The molecule has 0 atom stereocenters. The largest absolute Gasteiger partial charge is 0.331 e. The van der Waals surface area contributed by atoms with Crippen LogP contribution in [0.15, 0.2) is 18.2 Å². The minimum atomic E-state index is 0.357.